The summed E-state index contributed by atoms with van der Waals surface area (Å²) in [7, 11) is 0. The number of amides is 4. The van der Waals surface area contributed by atoms with E-state index in [2.05, 4.69) is 54.8 Å². The van der Waals surface area contributed by atoms with Gasteiger partial charge in [0.05, 0.1) is 12.7 Å². The van der Waals surface area contributed by atoms with E-state index in [4.69, 9.17) is 29.4 Å². The van der Waals surface area contributed by atoms with E-state index in [1.165, 1.54) is 31.6 Å². The molecule has 25 nitrogen and oxygen atoms in total. The molecule has 4 N–H and O–H groups in total. The molecule has 6 aromatic heterocycles. The number of hydrogen-bond donors (Lipinski definition) is 3. The highest BCUT2D eigenvalue weighted by atomic mass is 16.6. The molecule has 6 rings (SSSR count). The van der Waals surface area contributed by atoms with E-state index in [0.29, 0.717) is 33.0 Å². The van der Waals surface area contributed by atoms with Crippen molar-refractivity contribution in [1.82, 2.24) is 59.4 Å². The number of carbonyl (C=O) groups excluding carboxylic acids is 5. The van der Waals surface area contributed by atoms with Gasteiger partial charge in [0.15, 0.2) is 39.9 Å². The van der Waals surface area contributed by atoms with E-state index >= 15 is 0 Å². The van der Waals surface area contributed by atoms with Crippen LogP contribution in [0.1, 0.15) is 111 Å². The number of rotatable bonds is 2. The Kier molecular flexibility index (Phi) is 17.6. The number of carbonyl (C=O) groups is 5. The minimum absolute atomic E-state index is 0. The van der Waals surface area contributed by atoms with Gasteiger partial charge in [0.1, 0.15) is 64.3 Å². The van der Waals surface area contributed by atoms with Gasteiger partial charge < -0.3 is 47.8 Å². The fourth-order valence-corrected chi connectivity index (χ4v) is 4.86. The van der Waals surface area contributed by atoms with Crippen molar-refractivity contribution >= 4 is 89.8 Å². The van der Waals surface area contributed by atoms with E-state index < -0.39 is 58.5 Å². The first-order chi connectivity index (χ1) is 29.8. The number of hydrogen-bond acceptors (Lipinski definition) is 20. The molecule has 67 heavy (non-hydrogen) atoms. The number of nitrogen functional groups attached to an aromatic ring is 1. The largest absolute Gasteiger partial charge is 1.00 e. The first-order valence-corrected chi connectivity index (χ1v) is 19.8. The van der Waals surface area contributed by atoms with Crippen molar-refractivity contribution in [1.29, 1.82) is 0 Å². The van der Waals surface area contributed by atoms with Gasteiger partial charge in [-0.1, -0.05) is 7.43 Å². The number of nitrogens with zero attached hydrogens (tertiary/aromatic N) is 12. The maximum absolute atomic E-state index is 12.9. The Morgan fingerprint density at radius 1 is 0.507 bits per heavy atom. The third-order valence-electron chi connectivity index (χ3n) is 7.09. The number of imide groups is 2. The number of ether oxygens (including phenoxy) is 5. The summed E-state index contributed by atoms with van der Waals surface area (Å²) in [5, 5.41) is 0. The molecule has 0 bridgehead atoms. The van der Waals surface area contributed by atoms with Gasteiger partial charge in [-0.3, -0.25) is 0 Å². The van der Waals surface area contributed by atoms with Crippen LogP contribution in [0.5, 0.6) is 0 Å². The highest BCUT2D eigenvalue weighted by Crippen LogP contribution is 2.27. The van der Waals surface area contributed by atoms with Crippen molar-refractivity contribution in [2.45, 2.75) is 139 Å². The highest BCUT2D eigenvalue weighted by molar-refractivity contribution is 6.13. The highest BCUT2D eigenvalue weighted by Gasteiger charge is 2.37. The molecule has 0 saturated heterocycles. The lowest BCUT2D eigenvalue weighted by Gasteiger charge is -2.28. The monoisotopic (exact) mass is 932 g/mol. The third-order valence-corrected chi connectivity index (χ3v) is 7.09. The summed E-state index contributed by atoms with van der Waals surface area (Å²) in [6.45, 7) is 25.3. The number of aromatic nitrogens is 12. The van der Waals surface area contributed by atoms with Crippen LogP contribution in [0, 0.1) is 0 Å². The summed E-state index contributed by atoms with van der Waals surface area (Å²) in [5.41, 5.74) is 3.38. The molecule has 6 heterocycles. The van der Waals surface area contributed by atoms with Crippen molar-refractivity contribution in [3.63, 3.8) is 0 Å². The Morgan fingerprint density at radius 2 is 0.881 bits per heavy atom. The summed E-state index contributed by atoms with van der Waals surface area (Å²) in [5.74, 6) is 0.263. The van der Waals surface area contributed by atoms with Crippen molar-refractivity contribution in [2.24, 2.45) is 0 Å². The molecule has 0 atom stereocenters. The number of nitrogens with one attached hydrogen (secondary N) is 2. The standard InChI is InChI=1S/C20H29N5O6.C15H21N5O4.C5H5N5.CH4.B/c1-18(2,3)29-15(26)24-11-23-12-13(24)21-10-22-14(12)25(16(27)30-19(4,5)6)17(28)31-20(7,8)9;1-14(2,3)23-12(21)20(13(22)24-15(4,5)6)11-9-10(17-7-16-9)18-8-19-11;6-4-3-5(9-1-7-3)10-2-8-4;;/h10-11H,1-9H3;7-8H,1-6H3,(H,16,17,18,19);1-2H,(H3,6,7,8,9,10);1H4;/q;;;;-1. The van der Waals surface area contributed by atoms with Gasteiger partial charge in [-0.25, -0.2) is 73.4 Å². The van der Waals surface area contributed by atoms with Gasteiger partial charge in [0, 0.05) is 0 Å². The molecule has 0 aliphatic heterocycles. The number of aromatic amines is 2. The lowest BCUT2D eigenvalue weighted by Crippen LogP contribution is -2.44. The molecular weight excluding hydrogens is 873 g/mol. The van der Waals surface area contributed by atoms with E-state index in [0.717, 1.165) is 15.8 Å². The molecule has 0 fully saturated rings. The molecule has 362 valence electrons. The third kappa shape index (κ3) is 15.8. The second-order valence-electron chi connectivity index (χ2n) is 18.7. The number of nitrogens with two attached hydrogens (primary N) is 1. The fraction of sp³-hybridized carbons (Fsp3) is 0.512. The first-order valence-electron chi connectivity index (χ1n) is 19.8. The predicted octanol–water partition coefficient (Wildman–Crippen LogP) is 7.51. The summed E-state index contributed by atoms with van der Waals surface area (Å²) >= 11 is 0. The molecule has 26 heteroatoms. The van der Waals surface area contributed by atoms with E-state index in [1.54, 1.807) is 104 Å². The van der Waals surface area contributed by atoms with Crippen LogP contribution in [0.3, 0.4) is 0 Å². The van der Waals surface area contributed by atoms with Crippen LogP contribution in [-0.2, 0) is 23.7 Å². The normalized spacial score (nSPS) is 11.6. The molecule has 0 saturated carbocycles. The van der Waals surface area contributed by atoms with Crippen LogP contribution < -0.4 is 15.5 Å². The van der Waals surface area contributed by atoms with Crippen LogP contribution in [0.15, 0.2) is 38.0 Å². The molecule has 0 aromatic carbocycles. The molecule has 4 amide bonds. The lowest BCUT2D eigenvalue weighted by atomic mass is 10.2. The Morgan fingerprint density at radius 3 is 1.31 bits per heavy atom. The second-order valence-corrected chi connectivity index (χ2v) is 18.7. The smallest absolute Gasteiger partial charge is 0.425 e. The van der Waals surface area contributed by atoms with Crippen LogP contribution in [0.4, 0.5) is 41.4 Å². The average Bonchev–Trinajstić information content (AvgIpc) is 3.90. The maximum Gasteiger partial charge on any atom is 0.425 e. The van der Waals surface area contributed by atoms with Gasteiger partial charge in [-0.15, -0.1) is 0 Å². The minimum atomic E-state index is -1.01. The summed E-state index contributed by atoms with van der Waals surface area (Å²) in [6, 6.07) is 0. The summed E-state index contributed by atoms with van der Waals surface area (Å²) in [6.07, 6.45) is 3.28. The van der Waals surface area contributed by atoms with Crippen LogP contribution in [-0.4, -0.2) is 126 Å². The zero-order valence-corrected chi connectivity index (χ0v) is 39.6. The quantitative estimate of drug-likeness (QED) is 0.112. The molecule has 6 aromatic rings. The van der Waals surface area contributed by atoms with Gasteiger partial charge in [-0.2, -0.15) is 9.80 Å². The van der Waals surface area contributed by atoms with Gasteiger partial charge >= 0.3 is 30.5 Å². The number of fused-ring (bicyclic) bond motifs is 3. The average molecular weight is 933 g/mol. The van der Waals surface area contributed by atoms with Crippen LogP contribution >= 0.6 is 0 Å². The van der Waals surface area contributed by atoms with Gasteiger partial charge in [0.2, 0.25) is 0 Å². The molecule has 0 unspecified atom stereocenters. The molecular formula is C41H59BN15O10-. The van der Waals surface area contributed by atoms with Crippen LogP contribution in [0.2, 0.25) is 0 Å². The zero-order chi connectivity index (χ0) is 48.9. The molecule has 0 aliphatic rings. The molecule has 0 aliphatic carbocycles. The summed E-state index contributed by atoms with van der Waals surface area (Å²) in [4.78, 5) is 106. The zero-order valence-electron chi connectivity index (χ0n) is 39.6. The Hall–Kier alpha value is -7.54. The lowest BCUT2D eigenvalue weighted by molar-refractivity contribution is 0.0407. The number of H-pyrrole nitrogens is 2. The van der Waals surface area contributed by atoms with E-state index in [1.807, 2.05) is 0 Å². The fourth-order valence-electron chi connectivity index (χ4n) is 4.86. The van der Waals surface area contributed by atoms with Crippen molar-refractivity contribution in [3.05, 3.63) is 38.0 Å². The van der Waals surface area contributed by atoms with Gasteiger partial charge in [-0.05, 0) is 104 Å². The van der Waals surface area contributed by atoms with Crippen molar-refractivity contribution in [2.75, 3.05) is 15.5 Å². The van der Waals surface area contributed by atoms with E-state index in [9.17, 15) is 24.0 Å². The van der Waals surface area contributed by atoms with Crippen molar-refractivity contribution < 1.29 is 47.7 Å². The van der Waals surface area contributed by atoms with Crippen LogP contribution in [0.25, 0.3) is 33.5 Å². The topological polar surface area (TPSA) is 317 Å². The summed E-state index contributed by atoms with van der Waals surface area (Å²) < 4.78 is 27.7. The minimum Gasteiger partial charge on any atom is -1.00 e. The van der Waals surface area contributed by atoms with Gasteiger partial charge in [0.25, 0.3) is 0 Å². The Bertz CT molecular complexity index is 2610. The Labute approximate surface area is 388 Å². The number of anilines is 3. The SMILES string of the molecule is C.CC(C)(C)OC(=O)N(C(=O)OC(C)(C)C)c1ncnc2c1ncn2C(=O)OC(C)(C)C.CC(C)(C)OC(=O)N(C(=O)OC(C)(C)C)c1ncnc2nc[nH]c12.Nc1ncnc2nc[nH]c12.[B-]. The van der Waals surface area contributed by atoms with E-state index in [-0.39, 0.29) is 38.6 Å². The molecule has 4 radical (unpaired) electrons. The predicted molar refractivity (Wildman–Crippen MR) is 247 cm³/mol. The second kappa shape index (κ2) is 21.2. The number of imidazole rings is 3. The van der Waals surface area contributed by atoms with Crippen molar-refractivity contribution in [3.8, 4) is 0 Å². The maximum atomic E-state index is 12.9. The molecule has 0 spiro atoms. The first kappa shape index (κ1) is 55.6. The Balaban J connectivity index is 0.000000377.